The number of thioether (sulfide) groups is 1. The molecule has 0 radical (unpaired) electrons. The average molecular weight is 339 g/mol. The SMILES string of the molecule is CCN1C(=O)C(=Cc2ccc(OC)c(OC)c2OC)SC1=S. The Hall–Kier alpha value is -1.73. The van der Waals surface area contributed by atoms with Crippen LogP contribution in [0.5, 0.6) is 17.2 Å². The Bertz CT molecular complexity index is 643. The maximum absolute atomic E-state index is 12.3. The quantitative estimate of drug-likeness (QED) is 0.607. The summed E-state index contributed by atoms with van der Waals surface area (Å²) in [4.78, 5) is 14.4. The second-order valence-electron chi connectivity index (χ2n) is 4.35. The third-order valence-electron chi connectivity index (χ3n) is 3.21. The van der Waals surface area contributed by atoms with Crippen LogP contribution >= 0.6 is 24.0 Å². The second-order valence-corrected chi connectivity index (χ2v) is 6.03. The molecule has 0 spiro atoms. The fourth-order valence-electron chi connectivity index (χ4n) is 2.15. The average Bonchev–Trinajstić information content (AvgIpc) is 2.80. The standard InChI is InChI=1S/C15H17NO4S2/c1-5-16-14(17)11(22-15(16)21)8-9-6-7-10(18-2)13(20-4)12(9)19-3/h6-8H,5H2,1-4H3. The van der Waals surface area contributed by atoms with Gasteiger partial charge in [-0.1, -0.05) is 24.0 Å². The maximum Gasteiger partial charge on any atom is 0.266 e. The van der Waals surface area contributed by atoms with Gasteiger partial charge < -0.3 is 14.2 Å². The Morgan fingerprint density at radius 2 is 1.86 bits per heavy atom. The first-order chi connectivity index (χ1) is 10.6. The van der Waals surface area contributed by atoms with E-state index in [9.17, 15) is 4.79 Å². The van der Waals surface area contributed by atoms with Crippen LogP contribution in [0.25, 0.3) is 6.08 Å². The Labute approximate surface area is 139 Å². The summed E-state index contributed by atoms with van der Waals surface area (Å²) in [6, 6.07) is 3.59. The zero-order valence-corrected chi connectivity index (χ0v) is 14.5. The van der Waals surface area contributed by atoms with Crippen LogP contribution in [0, 0.1) is 0 Å². The van der Waals surface area contributed by atoms with Crippen LogP contribution in [0.4, 0.5) is 0 Å². The molecule has 1 aliphatic heterocycles. The van der Waals surface area contributed by atoms with Crippen molar-refractivity contribution in [2.75, 3.05) is 27.9 Å². The first kappa shape index (κ1) is 16.6. The van der Waals surface area contributed by atoms with E-state index in [0.29, 0.717) is 33.0 Å². The zero-order chi connectivity index (χ0) is 16.3. The Morgan fingerprint density at radius 3 is 2.36 bits per heavy atom. The van der Waals surface area contributed by atoms with Crippen molar-refractivity contribution >= 4 is 40.3 Å². The van der Waals surface area contributed by atoms with Gasteiger partial charge in [0.15, 0.2) is 11.5 Å². The molecule has 1 aromatic carbocycles. The van der Waals surface area contributed by atoms with Gasteiger partial charge in [-0.3, -0.25) is 9.69 Å². The minimum atomic E-state index is -0.0886. The number of ether oxygens (including phenoxy) is 3. The van der Waals surface area contributed by atoms with Crippen molar-refractivity contribution in [3.63, 3.8) is 0 Å². The summed E-state index contributed by atoms with van der Waals surface area (Å²) in [5.74, 6) is 1.49. The molecule has 1 heterocycles. The number of carbonyl (C=O) groups excluding carboxylic acids is 1. The van der Waals surface area contributed by atoms with Gasteiger partial charge in [0.25, 0.3) is 5.91 Å². The lowest BCUT2D eigenvalue weighted by atomic mass is 10.1. The molecule has 0 aromatic heterocycles. The number of methoxy groups -OCH3 is 3. The minimum Gasteiger partial charge on any atom is -0.493 e. The smallest absolute Gasteiger partial charge is 0.266 e. The number of hydrogen-bond donors (Lipinski definition) is 0. The van der Waals surface area contributed by atoms with Crippen LogP contribution in [0.2, 0.25) is 0 Å². The number of thiocarbonyl (C=S) groups is 1. The van der Waals surface area contributed by atoms with E-state index in [4.69, 9.17) is 26.4 Å². The van der Waals surface area contributed by atoms with E-state index in [1.807, 2.05) is 13.0 Å². The molecule has 118 valence electrons. The number of nitrogens with zero attached hydrogens (tertiary/aromatic N) is 1. The fourth-order valence-corrected chi connectivity index (χ4v) is 3.53. The Balaban J connectivity index is 2.48. The topological polar surface area (TPSA) is 48.0 Å². The van der Waals surface area contributed by atoms with Crippen molar-refractivity contribution in [3.05, 3.63) is 22.6 Å². The number of carbonyl (C=O) groups is 1. The van der Waals surface area contributed by atoms with Crippen molar-refractivity contribution < 1.29 is 19.0 Å². The summed E-state index contributed by atoms with van der Waals surface area (Å²) in [6.07, 6.45) is 1.76. The molecule has 7 heteroatoms. The van der Waals surface area contributed by atoms with Gasteiger partial charge in [-0.15, -0.1) is 0 Å². The van der Waals surface area contributed by atoms with Gasteiger partial charge in [0.1, 0.15) is 4.32 Å². The molecule has 0 N–H and O–H groups in total. The summed E-state index contributed by atoms with van der Waals surface area (Å²) in [7, 11) is 4.65. The molecular weight excluding hydrogens is 322 g/mol. The molecular formula is C15H17NO4S2. The van der Waals surface area contributed by atoms with Crippen LogP contribution < -0.4 is 14.2 Å². The predicted octanol–water partition coefficient (Wildman–Crippen LogP) is 2.93. The molecule has 1 amide bonds. The van der Waals surface area contributed by atoms with Crippen molar-refractivity contribution in [2.45, 2.75) is 6.92 Å². The number of hydrogen-bond acceptors (Lipinski definition) is 6. The second kappa shape index (κ2) is 7.02. The van der Waals surface area contributed by atoms with Gasteiger partial charge >= 0.3 is 0 Å². The normalized spacial score (nSPS) is 16.4. The van der Waals surface area contributed by atoms with Gasteiger partial charge in [-0.2, -0.15) is 0 Å². The number of benzene rings is 1. The predicted molar refractivity (Wildman–Crippen MR) is 91.7 cm³/mol. The minimum absolute atomic E-state index is 0.0886. The Kier molecular flexibility index (Phi) is 5.31. The van der Waals surface area contributed by atoms with Crippen LogP contribution in [0.1, 0.15) is 12.5 Å². The van der Waals surface area contributed by atoms with E-state index in [0.717, 1.165) is 5.56 Å². The third kappa shape index (κ3) is 2.91. The van der Waals surface area contributed by atoms with Gasteiger partial charge in [0.2, 0.25) is 5.75 Å². The molecule has 0 aliphatic carbocycles. The van der Waals surface area contributed by atoms with Crippen molar-refractivity contribution in [2.24, 2.45) is 0 Å². The lowest BCUT2D eigenvalue weighted by Crippen LogP contribution is -2.27. The highest BCUT2D eigenvalue weighted by Gasteiger charge is 2.31. The molecule has 1 aromatic rings. The third-order valence-corrected chi connectivity index (χ3v) is 4.59. The number of amides is 1. The van der Waals surface area contributed by atoms with Gasteiger partial charge in [-0.05, 0) is 25.1 Å². The molecule has 0 bridgehead atoms. The molecule has 1 aliphatic rings. The lowest BCUT2D eigenvalue weighted by Gasteiger charge is -2.14. The van der Waals surface area contributed by atoms with Gasteiger partial charge in [-0.25, -0.2) is 0 Å². The van der Waals surface area contributed by atoms with Gasteiger partial charge in [0.05, 0.1) is 26.2 Å². The molecule has 5 nitrogen and oxygen atoms in total. The molecule has 0 unspecified atom stereocenters. The molecule has 22 heavy (non-hydrogen) atoms. The van der Waals surface area contributed by atoms with Gasteiger partial charge in [0, 0.05) is 12.1 Å². The highest BCUT2D eigenvalue weighted by atomic mass is 32.2. The fraction of sp³-hybridized carbons (Fsp3) is 0.333. The summed E-state index contributed by atoms with van der Waals surface area (Å²) in [5, 5.41) is 0. The zero-order valence-electron chi connectivity index (χ0n) is 12.8. The van der Waals surface area contributed by atoms with Crippen LogP contribution in [-0.4, -0.2) is 43.0 Å². The summed E-state index contributed by atoms with van der Waals surface area (Å²) < 4.78 is 16.6. The van der Waals surface area contributed by atoms with Crippen molar-refractivity contribution in [3.8, 4) is 17.2 Å². The molecule has 2 rings (SSSR count). The lowest BCUT2D eigenvalue weighted by molar-refractivity contribution is -0.121. The first-order valence-corrected chi connectivity index (χ1v) is 7.84. The molecule has 0 atom stereocenters. The van der Waals surface area contributed by atoms with E-state index in [-0.39, 0.29) is 5.91 Å². The summed E-state index contributed by atoms with van der Waals surface area (Å²) in [5.41, 5.74) is 0.733. The van der Waals surface area contributed by atoms with E-state index in [1.165, 1.54) is 11.8 Å². The van der Waals surface area contributed by atoms with E-state index >= 15 is 0 Å². The largest absolute Gasteiger partial charge is 0.493 e. The highest BCUT2D eigenvalue weighted by molar-refractivity contribution is 8.26. The number of likely N-dealkylation sites (N-methyl/N-ethyl adjacent to an activating group) is 1. The van der Waals surface area contributed by atoms with Crippen molar-refractivity contribution in [1.29, 1.82) is 0 Å². The molecule has 1 fully saturated rings. The highest BCUT2D eigenvalue weighted by Crippen LogP contribution is 2.42. The van der Waals surface area contributed by atoms with E-state index < -0.39 is 0 Å². The maximum atomic E-state index is 12.3. The summed E-state index contributed by atoms with van der Waals surface area (Å²) >= 11 is 6.50. The molecule has 1 saturated heterocycles. The van der Waals surface area contributed by atoms with E-state index in [1.54, 1.807) is 38.4 Å². The first-order valence-electron chi connectivity index (χ1n) is 6.61. The van der Waals surface area contributed by atoms with Crippen LogP contribution in [0.15, 0.2) is 17.0 Å². The van der Waals surface area contributed by atoms with E-state index in [2.05, 4.69) is 0 Å². The number of rotatable bonds is 5. The monoisotopic (exact) mass is 339 g/mol. The Morgan fingerprint density at radius 1 is 1.18 bits per heavy atom. The van der Waals surface area contributed by atoms with Crippen LogP contribution in [-0.2, 0) is 4.79 Å². The molecule has 0 saturated carbocycles. The van der Waals surface area contributed by atoms with Crippen LogP contribution in [0.3, 0.4) is 0 Å². The van der Waals surface area contributed by atoms with Crippen molar-refractivity contribution in [1.82, 2.24) is 4.90 Å². The summed E-state index contributed by atoms with van der Waals surface area (Å²) in [6.45, 7) is 2.45.